The third-order valence-electron chi connectivity index (χ3n) is 7.81. The van der Waals surface area contributed by atoms with Gasteiger partial charge in [0.1, 0.15) is 11.9 Å². The molecule has 0 spiro atoms. The third kappa shape index (κ3) is 4.14. The minimum absolute atomic E-state index is 0.0938. The predicted molar refractivity (Wildman–Crippen MR) is 154 cm³/mol. The number of rotatable bonds is 5. The second kappa shape index (κ2) is 9.78. The molecule has 1 aliphatic heterocycles. The number of aromatic nitrogens is 2. The zero-order chi connectivity index (χ0) is 28.3. The first-order valence-corrected chi connectivity index (χ1v) is 13.5. The van der Waals surface area contributed by atoms with Crippen molar-refractivity contribution in [1.82, 2.24) is 19.9 Å². The van der Waals surface area contributed by atoms with Crippen LogP contribution in [0.5, 0.6) is 0 Å². The lowest BCUT2D eigenvalue weighted by Crippen LogP contribution is -2.51. The molecular formula is C31H28ClFN4O3. The minimum Gasteiger partial charge on any atom is -0.361 e. The van der Waals surface area contributed by atoms with Gasteiger partial charge in [-0.15, -0.1) is 0 Å². The Balaban J connectivity index is 1.67. The molecule has 1 unspecified atom stereocenters. The van der Waals surface area contributed by atoms with Crippen LogP contribution in [0.4, 0.5) is 4.39 Å². The van der Waals surface area contributed by atoms with E-state index in [2.05, 4.69) is 22.0 Å². The number of amides is 2. The van der Waals surface area contributed by atoms with Gasteiger partial charge in [-0.3, -0.25) is 9.59 Å². The second-order valence-corrected chi connectivity index (χ2v) is 10.8. The Morgan fingerprint density at radius 2 is 1.80 bits per heavy atom. The topological polar surface area (TPSA) is 80.4 Å². The van der Waals surface area contributed by atoms with Gasteiger partial charge in [-0.1, -0.05) is 28.9 Å². The summed E-state index contributed by atoms with van der Waals surface area (Å²) >= 11 is 6.18. The number of alkyl halides is 1. The summed E-state index contributed by atoms with van der Waals surface area (Å²) in [4.78, 5) is 28.0. The van der Waals surface area contributed by atoms with E-state index in [-0.39, 0.29) is 30.9 Å². The van der Waals surface area contributed by atoms with Crippen molar-refractivity contribution in [2.75, 3.05) is 20.1 Å². The average molecular weight is 559 g/mol. The number of fused-ring (bicyclic) bond motifs is 3. The van der Waals surface area contributed by atoms with E-state index in [1.54, 1.807) is 13.1 Å². The van der Waals surface area contributed by atoms with Crippen LogP contribution in [0.3, 0.4) is 0 Å². The fraction of sp³-hybridized carbons (Fsp3) is 0.258. The maximum absolute atomic E-state index is 13.5. The Labute approximate surface area is 235 Å². The van der Waals surface area contributed by atoms with Crippen LogP contribution in [-0.2, 0) is 0 Å². The zero-order valence-electron chi connectivity index (χ0n) is 22.6. The monoisotopic (exact) mass is 558 g/mol. The number of benzene rings is 3. The van der Waals surface area contributed by atoms with Crippen LogP contribution >= 0.6 is 11.6 Å². The normalized spacial score (nSPS) is 14.5. The van der Waals surface area contributed by atoms with Crippen molar-refractivity contribution in [3.05, 3.63) is 87.8 Å². The van der Waals surface area contributed by atoms with Crippen molar-refractivity contribution in [2.45, 2.75) is 33.0 Å². The number of hydrogen-bond acceptors (Lipinski definition) is 4. The molecule has 3 aromatic carbocycles. The smallest absolute Gasteiger partial charge is 0.254 e. The van der Waals surface area contributed by atoms with Crippen molar-refractivity contribution in [3.8, 4) is 11.1 Å². The van der Waals surface area contributed by atoms with Crippen molar-refractivity contribution in [3.63, 3.8) is 0 Å². The van der Waals surface area contributed by atoms with E-state index >= 15 is 0 Å². The molecule has 3 heterocycles. The van der Waals surface area contributed by atoms with Gasteiger partial charge in [-0.2, -0.15) is 0 Å². The summed E-state index contributed by atoms with van der Waals surface area (Å²) in [5.41, 5.74) is 6.00. The van der Waals surface area contributed by atoms with Crippen LogP contribution in [0.15, 0.2) is 59.1 Å². The lowest BCUT2D eigenvalue weighted by molar-refractivity contribution is 0.0400. The van der Waals surface area contributed by atoms with Crippen LogP contribution < -0.4 is 5.32 Å². The van der Waals surface area contributed by atoms with E-state index in [9.17, 15) is 14.0 Å². The lowest BCUT2D eigenvalue weighted by Gasteiger charge is -2.34. The van der Waals surface area contributed by atoms with Crippen LogP contribution in [0.2, 0.25) is 5.02 Å². The van der Waals surface area contributed by atoms with E-state index < -0.39 is 6.17 Å². The first kappa shape index (κ1) is 26.1. The van der Waals surface area contributed by atoms with Gasteiger partial charge in [0.15, 0.2) is 0 Å². The second-order valence-electron chi connectivity index (χ2n) is 10.3. The van der Waals surface area contributed by atoms with Gasteiger partial charge >= 0.3 is 0 Å². The van der Waals surface area contributed by atoms with Crippen molar-refractivity contribution in [1.29, 1.82) is 0 Å². The average Bonchev–Trinajstić information content (AvgIpc) is 3.45. The van der Waals surface area contributed by atoms with Gasteiger partial charge in [0.05, 0.1) is 30.3 Å². The summed E-state index contributed by atoms with van der Waals surface area (Å²) in [6, 6.07) is 16.9. The highest BCUT2D eigenvalue weighted by Gasteiger charge is 2.32. The summed E-state index contributed by atoms with van der Waals surface area (Å²) < 4.78 is 21.1. The Kier molecular flexibility index (Phi) is 6.38. The fourth-order valence-electron chi connectivity index (χ4n) is 5.74. The minimum atomic E-state index is -0.989. The SMILES string of the molecule is CNC(=O)c1cc(-c2c(C)noc2C)cc2c1c1cc(C(=O)N3CC(F)C3)ccc1n2C(C)c1ccc(Cl)cc1. The number of carbonyl (C=O) groups excluding carboxylic acids is 2. The Bertz CT molecular complexity index is 1780. The molecule has 204 valence electrons. The van der Waals surface area contributed by atoms with E-state index in [0.717, 1.165) is 44.2 Å². The predicted octanol–water partition coefficient (Wildman–Crippen LogP) is 6.48. The highest BCUT2D eigenvalue weighted by Crippen LogP contribution is 2.40. The molecule has 1 atom stereocenters. The van der Waals surface area contributed by atoms with Crippen molar-refractivity contribution < 1.29 is 18.5 Å². The van der Waals surface area contributed by atoms with Gasteiger partial charge in [-0.05, 0) is 74.4 Å². The summed E-state index contributed by atoms with van der Waals surface area (Å²) in [5, 5.41) is 9.04. The molecule has 0 aliphatic carbocycles. The number of hydrogen-bond donors (Lipinski definition) is 1. The van der Waals surface area contributed by atoms with Gasteiger partial charge in [0.25, 0.3) is 11.8 Å². The first-order chi connectivity index (χ1) is 19.2. The Morgan fingerprint density at radius 1 is 1.07 bits per heavy atom. The summed E-state index contributed by atoms with van der Waals surface area (Å²) in [5.74, 6) is 0.176. The standard InChI is InChI=1S/C31H28ClFN4O3/c1-16-28(18(3)40-35-16)21-12-25(30(38)34-4)29-24-11-20(31(39)36-14-23(33)15-36)7-10-26(24)37(27(29)13-21)17(2)19-5-8-22(32)9-6-19/h5-13,17,23H,14-15H2,1-4H3,(H,34,38). The number of likely N-dealkylation sites (tertiary alicyclic amines) is 1. The Morgan fingerprint density at radius 3 is 2.42 bits per heavy atom. The molecule has 6 rings (SSSR count). The van der Waals surface area contributed by atoms with Crippen molar-refractivity contribution in [2.24, 2.45) is 0 Å². The molecule has 1 aliphatic rings. The van der Waals surface area contributed by atoms with E-state index in [1.807, 2.05) is 62.4 Å². The maximum atomic E-state index is 13.5. The van der Waals surface area contributed by atoms with Crippen molar-refractivity contribution >= 4 is 45.2 Å². The molecule has 40 heavy (non-hydrogen) atoms. The number of nitrogens with zero attached hydrogens (tertiary/aromatic N) is 3. The van der Waals surface area contributed by atoms with E-state index in [0.29, 0.717) is 21.9 Å². The van der Waals surface area contributed by atoms with Gasteiger partial charge in [-0.25, -0.2) is 4.39 Å². The largest absolute Gasteiger partial charge is 0.361 e. The van der Waals surface area contributed by atoms with Crippen LogP contribution in [0.1, 0.15) is 50.7 Å². The van der Waals surface area contributed by atoms with Crippen LogP contribution in [-0.4, -0.2) is 52.7 Å². The van der Waals surface area contributed by atoms with Gasteiger partial charge in [0.2, 0.25) is 0 Å². The molecule has 1 fully saturated rings. The summed E-state index contributed by atoms with van der Waals surface area (Å²) in [6.07, 6.45) is -0.989. The lowest BCUT2D eigenvalue weighted by atomic mass is 9.96. The number of aryl methyl sites for hydroxylation is 2. The third-order valence-corrected chi connectivity index (χ3v) is 8.06. The molecule has 0 saturated carbocycles. The highest BCUT2D eigenvalue weighted by molar-refractivity contribution is 6.30. The number of nitrogens with one attached hydrogen (secondary N) is 1. The molecule has 9 heteroatoms. The number of halogens is 2. The molecule has 2 aromatic heterocycles. The van der Waals surface area contributed by atoms with Crippen LogP contribution in [0, 0.1) is 13.8 Å². The quantitative estimate of drug-likeness (QED) is 0.268. The van der Waals surface area contributed by atoms with Gasteiger partial charge in [0, 0.05) is 45.0 Å². The molecule has 7 nitrogen and oxygen atoms in total. The Hall–Kier alpha value is -4.17. The maximum Gasteiger partial charge on any atom is 0.254 e. The van der Waals surface area contributed by atoms with E-state index in [1.165, 1.54) is 4.90 Å². The molecule has 0 radical (unpaired) electrons. The highest BCUT2D eigenvalue weighted by atomic mass is 35.5. The fourth-order valence-corrected chi connectivity index (χ4v) is 5.87. The van der Waals surface area contributed by atoms with Crippen LogP contribution in [0.25, 0.3) is 32.9 Å². The molecule has 0 bridgehead atoms. The molecule has 2 amide bonds. The summed E-state index contributed by atoms with van der Waals surface area (Å²) in [6.45, 7) is 6.00. The zero-order valence-corrected chi connectivity index (χ0v) is 23.3. The molecular weight excluding hydrogens is 531 g/mol. The molecule has 1 N–H and O–H groups in total. The van der Waals surface area contributed by atoms with Gasteiger partial charge < -0.3 is 19.3 Å². The first-order valence-electron chi connectivity index (χ1n) is 13.1. The van der Waals surface area contributed by atoms with E-state index in [4.69, 9.17) is 16.1 Å². The summed E-state index contributed by atoms with van der Waals surface area (Å²) in [7, 11) is 1.60. The molecule has 5 aromatic rings. The number of carbonyl (C=O) groups is 2. The molecule has 1 saturated heterocycles.